The summed E-state index contributed by atoms with van der Waals surface area (Å²) in [5.41, 5.74) is 3.51. The molecule has 1 amide bonds. The van der Waals surface area contributed by atoms with Gasteiger partial charge in [-0.1, -0.05) is 12.1 Å². The van der Waals surface area contributed by atoms with Crippen molar-refractivity contribution >= 4 is 11.6 Å². The van der Waals surface area contributed by atoms with Gasteiger partial charge in [0, 0.05) is 32.3 Å². The van der Waals surface area contributed by atoms with Gasteiger partial charge < -0.3 is 15.3 Å². The van der Waals surface area contributed by atoms with E-state index < -0.39 is 0 Å². The molecule has 98 valence electrons. The highest BCUT2D eigenvalue weighted by Gasteiger charge is 2.20. The summed E-state index contributed by atoms with van der Waals surface area (Å²) in [6.07, 6.45) is 2.22. The van der Waals surface area contributed by atoms with Crippen LogP contribution in [0.3, 0.4) is 0 Å². The molecule has 0 aromatic heterocycles. The number of carbonyl (C=O) groups excluding carboxylic acids is 1. The van der Waals surface area contributed by atoms with Crippen molar-refractivity contribution in [2.75, 3.05) is 25.1 Å². The van der Waals surface area contributed by atoms with E-state index in [4.69, 9.17) is 5.11 Å². The molecular formula is C14H20N2O2. The van der Waals surface area contributed by atoms with Crippen molar-refractivity contribution in [2.45, 2.75) is 25.8 Å². The number of hydrogen-bond acceptors (Lipinski definition) is 3. The lowest BCUT2D eigenvalue weighted by Crippen LogP contribution is -2.31. The monoisotopic (exact) mass is 248 g/mol. The second-order valence-electron chi connectivity index (χ2n) is 4.67. The molecule has 1 heterocycles. The van der Waals surface area contributed by atoms with Gasteiger partial charge in [-0.15, -0.1) is 0 Å². The van der Waals surface area contributed by atoms with Gasteiger partial charge >= 0.3 is 0 Å². The van der Waals surface area contributed by atoms with Gasteiger partial charge in [-0.05, 0) is 36.6 Å². The molecule has 1 aliphatic rings. The largest absolute Gasteiger partial charge is 0.396 e. The number of aliphatic hydroxyl groups is 1. The average molecular weight is 248 g/mol. The molecule has 1 aromatic carbocycles. The van der Waals surface area contributed by atoms with Gasteiger partial charge in [0.2, 0.25) is 5.91 Å². The second-order valence-corrected chi connectivity index (χ2v) is 4.67. The molecule has 0 saturated heterocycles. The van der Waals surface area contributed by atoms with Gasteiger partial charge in [-0.25, -0.2) is 0 Å². The maximum Gasteiger partial charge on any atom is 0.227 e. The van der Waals surface area contributed by atoms with E-state index in [1.165, 1.54) is 11.1 Å². The zero-order chi connectivity index (χ0) is 13.0. The first-order valence-electron chi connectivity index (χ1n) is 6.42. The predicted molar refractivity (Wildman–Crippen MR) is 71.6 cm³/mol. The van der Waals surface area contributed by atoms with Crippen LogP contribution in [0.15, 0.2) is 18.2 Å². The summed E-state index contributed by atoms with van der Waals surface area (Å²) in [6, 6.07) is 6.25. The third-order valence-corrected chi connectivity index (χ3v) is 3.33. The Bertz CT molecular complexity index is 432. The molecule has 4 heteroatoms. The van der Waals surface area contributed by atoms with Gasteiger partial charge in [0.25, 0.3) is 0 Å². The lowest BCUT2D eigenvalue weighted by Gasteiger charge is -2.26. The van der Waals surface area contributed by atoms with Crippen LogP contribution in [0, 0.1) is 0 Å². The molecule has 4 nitrogen and oxygen atoms in total. The fraction of sp³-hybridized carbons (Fsp3) is 0.500. The van der Waals surface area contributed by atoms with Gasteiger partial charge in [-0.3, -0.25) is 4.79 Å². The first-order valence-corrected chi connectivity index (χ1v) is 6.42. The summed E-state index contributed by atoms with van der Waals surface area (Å²) in [6.45, 7) is 1.86. The summed E-state index contributed by atoms with van der Waals surface area (Å²) in [5, 5.41) is 12.0. The zero-order valence-corrected chi connectivity index (χ0v) is 10.8. The van der Waals surface area contributed by atoms with Crippen LogP contribution < -0.4 is 10.2 Å². The molecule has 1 aliphatic heterocycles. The minimum Gasteiger partial charge on any atom is -0.396 e. The van der Waals surface area contributed by atoms with Crippen molar-refractivity contribution in [3.05, 3.63) is 29.3 Å². The Morgan fingerprint density at radius 2 is 2.22 bits per heavy atom. The van der Waals surface area contributed by atoms with E-state index in [-0.39, 0.29) is 12.5 Å². The molecule has 0 radical (unpaired) electrons. The van der Waals surface area contributed by atoms with Crippen LogP contribution in [-0.4, -0.2) is 31.2 Å². The van der Waals surface area contributed by atoms with E-state index in [0.29, 0.717) is 6.42 Å². The summed E-state index contributed by atoms with van der Waals surface area (Å²) in [4.78, 5) is 13.3. The fourth-order valence-electron chi connectivity index (χ4n) is 2.26. The number of aryl methyl sites for hydroxylation is 1. The SMILES string of the molecule is CN1C(=O)CCc2cc(CNCCCO)ccc21. The molecule has 0 spiro atoms. The summed E-state index contributed by atoms with van der Waals surface area (Å²) >= 11 is 0. The molecule has 2 rings (SSSR count). The molecule has 2 N–H and O–H groups in total. The highest BCUT2D eigenvalue weighted by atomic mass is 16.3. The van der Waals surface area contributed by atoms with Crippen molar-refractivity contribution in [3.8, 4) is 0 Å². The van der Waals surface area contributed by atoms with Crippen LogP contribution in [0.1, 0.15) is 24.0 Å². The topological polar surface area (TPSA) is 52.6 Å². The number of nitrogens with zero attached hydrogens (tertiary/aromatic N) is 1. The van der Waals surface area contributed by atoms with Crippen molar-refractivity contribution < 1.29 is 9.90 Å². The van der Waals surface area contributed by atoms with Gasteiger partial charge in [0.05, 0.1) is 0 Å². The van der Waals surface area contributed by atoms with Crippen LogP contribution in [0.5, 0.6) is 0 Å². The Hall–Kier alpha value is -1.39. The maximum atomic E-state index is 11.6. The summed E-state index contributed by atoms with van der Waals surface area (Å²) in [5.74, 6) is 0.191. The number of aliphatic hydroxyl groups excluding tert-OH is 1. The van der Waals surface area contributed by atoms with Crippen LogP contribution in [0.4, 0.5) is 5.69 Å². The van der Waals surface area contributed by atoms with E-state index >= 15 is 0 Å². The smallest absolute Gasteiger partial charge is 0.227 e. The normalized spacial score (nSPS) is 14.8. The van der Waals surface area contributed by atoms with Crippen molar-refractivity contribution in [3.63, 3.8) is 0 Å². The zero-order valence-electron chi connectivity index (χ0n) is 10.8. The lowest BCUT2D eigenvalue weighted by molar-refractivity contribution is -0.118. The van der Waals surface area contributed by atoms with E-state index in [2.05, 4.69) is 17.4 Å². The summed E-state index contributed by atoms with van der Waals surface area (Å²) in [7, 11) is 1.83. The van der Waals surface area contributed by atoms with E-state index in [9.17, 15) is 4.79 Å². The van der Waals surface area contributed by atoms with Crippen molar-refractivity contribution in [1.82, 2.24) is 5.32 Å². The number of amides is 1. The molecule has 0 bridgehead atoms. The van der Waals surface area contributed by atoms with Crippen molar-refractivity contribution in [1.29, 1.82) is 0 Å². The number of hydrogen-bond donors (Lipinski definition) is 2. The lowest BCUT2D eigenvalue weighted by atomic mass is 9.99. The molecule has 1 aromatic rings. The Labute approximate surface area is 108 Å². The quantitative estimate of drug-likeness (QED) is 0.766. The van der Waals surface area contributed by atoms with Crippen LogP contribution in [-0.2, 0) is 17.8 Å². The molecule has 0 atom stereocenters. The molecule has 18 heavy (non-hydrogen) atoms. The predicted octanol–water partition coefficient (Wildman–Crippen LogP) is 1.07. The Morgan fingerprint density at radius 1 is 1.39 bits per heavy atom. The van der Waals surface area contributed by atoms with Crippen LogP contribution in [0.2, 0.25) is 0 Å². The Morgan fingerprint density at radius 3 is 3.00 bits per heavy atom. The maximum absolute atomic E-state index is 11.6. The molecule has 0 unspecified atom stereocenters. The molecule has 0 saturated carbocycles. The Kier molecular flexibility index (Phi) is 4.33. The average Bonchev–Trinajstić information content (AvgIpc) is 2.39. The van der Waals surface area contributed by atoms with Crippen LogP contribution in [0.25, 0.3) is 0 Å². The van der Waals surface area contributed by atoms with E-state index in [1.54, 1.807) is 4.90 Å². The minimum absolute atomic E-state index is 0.191. The first kappa shape index (κ1) is 13.1. The van der Waals surface area contributed by atoms with Gasteiger partial charge in [0.15, 0.2) is 0 Å². The number of rotatable bonds is 5. The highest BCUT2D eigenvalue weighted by molar-refractivity contribution is 5.95. The number of carbonyl (C=O) groups is 1. The first-order chi connectivity index (χ1) is 8.72. The van der Waals surface area contributed by atoms with E-state index in [0.717, 1.165) is 31.6 Å². The van der Waals surface area contributed by atoms with Crippen molar-refractivity contribution in [2.24, 2.45) is 0 Å². The fourth-order valence-corrected chi connectivity index (χ4v) is 2.26. The standard InChI is InChI=1S/C14H20N2O2/c1-16-13-5-3-11(10-15-7-2-8-17)9-12(13)4-6-14(16)18/h3,5,9,15,17H,2,4,6-8,10H2,1H3. The molecule has 0 fully saturated rings. The number of anilines is 1. The van der Waals surface area contributed by atoms with Gasteiger partial charge in [-0.2, -0.15) is 0 Å². The number of fused-ring (bicyclic) bond motifs is 1. The van der Waals surface area contributed by atoms with Crippen LogP contribution >= 0.6 is 0 Å². The number of nitrogens with one attached hydrogen (secondary N) is 1. The summed E-state index contributed by atoms with van der Waals surface area (Å²) < 4.78 is 0. The third kappa shape index (κ3) is 2.89. The molecular weight excluding hydrogens is 228 g/mol. The molecule has 0 aliphatic carbocycles. The highest BCUT2D eigenvalue weighted by Crippen LogP contribution is 2.27. The minimum atomic E-state index is 0.191. The van der Waals surface area contributed by atoms with Gasteiger partial charge in [0.1, 0.15) is 0 Å². The Balaban J connectivity index is 2.01. The number of benzene rings is 1. The third-order valence-electron chi connectivity index (χ3n) is 3.33. The van der Waals surface area contributed by atoms with E-state index in [1.807, 2.05) is 13.1 Å². The second kappa shape index (κ2) is 5.98.